The second-order valence-electron chi connectivity index (χ2n) is 5.66. The van der Waals surface area contributed by atoms with Crippen molar-refractivity contribution in [3.63, 3.8) is 0 Å². The highest BCUT2D eigenvalue weighted by Crippen LogP contribution is 2.48. The lowest BCUT2D eigenvalue weighted by Gasteiger charge is -2.60. The molecule has 0 unspecified atom stereocenters. The fourth-order valence-electron chi connectivity index (χ4n) is 3.30. The van der Waals surface area contributed by atoms with Crippen LogP contribution in [0.5, 0.6) is 0 Å². The normalized spacial score (nSPS) is 35.8. The van der Waals surface area contributed by atoms with E-state index in [2.05, 4.69) is 17.1 Å². The van der Waals surface area contributed by atoms with Crippen molar-refractivity contribution >= 4 is 0 Å². The van der Waals surface area contributed by atoms with Gasteiger partial charge in [0.25, 0.3) is 0 Å². The number of hydrogen-bond acceptors (Lipinski definition) is 2. The first kappa shape index (κ1) is 8.25. The van der Waals surface area contributed by atoms with Crippen LogP contribution in [0.2, 0.25) is 0 Å². The highest BCUT2D eigenvalue weighted by Gasteiger charge is 2.52. The standard InChI is InChI=1S/C11H20N2/c1-10(6-12-7-10)13-8-11(9-13)4-2-3-5-11/h12H,2-9H2,1H3. The van der Waals surface area contributed by atoms with Gasteiger partial charge >= 0.3 is 0 Å². The molecule has 2 saturated heterocycles. The van der Waals surface area contributed by atoms with Crippen molar-refractivity contribution in [2.75, 3.05) is 26.2 Å². The molecule has 13 heavy (non-hydrogen) atoms. The van der Waals surface area contributed by atoms with Crippen molar-refractivity contribution in [3.05, 3.63) is 0 Å². The summed E-state index contributed by atoms with van der Waals surface area (Å²) in [5.41, 5.74) is 1.30. The molecule has 2 nitrogen and oxygen atoms in total. The van der Waals surface area contributed by atoms with Gasteiger partial charge in [-0.25, -0.2) is 0 Å². The molecule has 3 fully saturated rings. The maximum Gasteiger partial charge on any atom is 0.0430 e. The van der Waals surface area contributed by atoms with Gasteiger partial charge in [0.1, 0.15) is 0 Å². The molecule has 2 heteroatoms. The van der Waals surface area contributed by atoms with Crippen LogP contribution in [-0.4, -0.2) is 36.6 Å². The van der Waals surface area contributed by atoms with Crippen molar-refractivity contribution in [2.24, 2.45) is 5.41 Å². The van der Waals surface area contributed by atoms with E-state index in [0.29, 0.717) is 5.54 Å². The monoisotopic (exact) mass is 180 g/mol. The van der Waals surface area contributed by atoms with Crippen molar-refractivity contribution in [3.8, 4) is 0 Å². The van der Waals surface area contributed by atoms with Gasteiger partial charge in [0.2, 0.25) is 0 Å². The molecule has 1 aliphatic carbocycles. The fraction of sp³-hybridized carbons (Fsp3) is 1.00. The molecule has 0 bridgehead atoms. The minimum Gasteiger partial charge on any atom is -0.313 e. The first-order chi connectivity index (χ1) is 6.23. The smallest absolute Gasteiger partial charge is 0.0430 e. The Morgan fingerprint density at radius 2 is 1.69 bits per heavy atom. The number of nitrogens with zero attached hydrogens (tertiary/aromatic N) is 1. The van der Waals surface area contributed by atoms with Crippen LogP contribution in [0.25, 0.3) is 0 Å². The van der Waals surface area contributed by atoms with Crippen molar-refractivity contribution < 1.29 is 0 Å². The first-order valence-corrected chi connectivity index (χ1v) is 5.68. The summed E-state index contributed by atoms with van der Waals surface area (Å²) in [6.45, 7) is 7.62. The summed E-state index contributed by atoms with van der Waals surface area (Å²) in [6.07, 6.45) is 5.99. The summed E-state index contributed by atoms with van der Waals surface area (Å²) in [7, 11) is 0. The van der Waals surface area contributed by atoms with E-state index in [1.807, 2.05) is 0 Å². The van der Waals surface area contributed by atoms with E-state index in [4.69, 9.17) is 0 Å². The van der Waals surface area contributed by atoms with Gasteiger partial charge in [-0.15, -0.1) is 0 Å². The molecule has 3 rings (SSSR count). The molecule has 1 N–H and O–H groups in total. The zero-order valence-electron chi connectivity index (χ0n) is 8.60. The van der Waals surface area contributed by atoms with Gasteiger partial charge in [-0.05, 0) is 25.2 Å². The van der Waals surface area contributed by atoms with Crippen LogP contribution in [0.3, 0.4) is 0 Å². The highest BCUT2D eigenvalue weighted by atomic mass is 15.3. The Bertz CT molecular complexity index is 206. The quantitative estimate of drug-likeness (QED) is 0.653. The van der Waals surface area contributed by atoms with E-state index < -0.39 is 0 Å². The van der Waals surface area contributed by atoms with Crippen LogP contribution in [0.4, 0.5) is 0 Å². The summed E-state index contributed by atoms with van der Waals surface area (Å²) in [5, 5.41) is 3.39. The third-order valence-electron chi connectivity index (χ3n) is 4.49. The van der Waals surface area contributed by atoms with Crippen LogP contribution in [0, 0.1) is 5.41 Å². The molecule has 0 atom stereocenters. The average Bonchev–Trinajstić information content (AvgIpc) is 2.45. The van der Waals surface area contributed by atoms with Gasteiger partial charge in [0.15, 0.2) is 0 Å². The molecular formula is C11H20N2. The predicted octanol–water partition coefficient (Wildman–Crippen LogP) is 1.22. The predicted molar refractivity (Wildman–Crippen MR) is 53.7 cm³/mol. The Morgan fingerprint density at radius 3 is 2.15 bits per heavy atom. The van der Waals surface area contributed by atoms with Crippen LogP contribution in [0.1, 0.15) is 32.6 Å². The molecule has 3 aliphatic rings. The largest absolute Gasteiger partial charge is 0.313 e. The van der Waals surface area contributed by atoms with E-state index in [0.717, 1.165) is 5.41 Å². The van der Waals surface area contributed by atoms with E-state index in [9.17, 15) is 0 Å². The highest BCUT2D eigenvalue weighted by molar-refractivity contribution is 5.08. The molecule has 0 aromatic rings. The number of likely N-dealkylation sites (tertiary alicyclic amines) is 1. The molecule has 0 amide bonds. The summed E-state index contributed by atoms with van der Waals surface area (Å²) in [4.78, 5) is 2.70. The van der Waals surface area contributed by atoms with Crippen molar-refractivity contribution in [1.82, 2.24) is 10.2 Å². The molecular weight excluding hydrogens is 160 g/mol. The van der Waals surface area contributed by atoms with Gasteiger partial charge in [0, 0.05) is 31.7 Å². The van der Waals surface area contributed by atoms with Crippen LogP contribution in [-0.2, 0) is 0 Å². The molecule has 0 aromatic carbocycles. The number of rotatable bonds is 1. The van der Waals surface area contributed by atoms with E-state index >= 15 is 0 Å². The van der Waals surface area contributed by atoms with Gasteiger partial charge in [0.05, 0.1) is 0 Å². The molecule has 1 spiro atoms. The topological polar surface area (TPSA) is 15.3 Å². The Morgan fingerprint density at radius 1 is 1.08 bits per heavy atom. The lowest BCUT2D eigenvalue weighted by atomic mass is 9.74. The summed E-state index contributed by atoms with van der Waals surface area (Å²) < 4.78 is 0. The van der Waals surface area contributed by atoms with Crippen LogP contribution in [0.15, 0.2) is 0 Å². The Labute approximate surface area is 80.7 Å². The van der Waals surface area contributed by atoms with E-state index in [1.54, 1.807) is 0 Å². The SMILES string of the molecule is CC1(N2CC3(CCCC3)C2)CNC1. The van der Waals surface area contributed by atoms with Crippen LogP contribution >= 0.6 is 0 Å². The van der Waals surface area contributed by atoms with Crippen LogP contribution < -0.4 is 5.32 Å². The molecule has 0 aromatic heterocycles. The van der Waals surface area contributed by atoms with Crippen molar-refractivity contribution in [2.45, 2.75) is 38.1 Å². The van der Waals surface area contributed by atoms with Gasteiger partial charge in [-0.2, -0.15) is 0 Å². The van der Waals surface area contributed by atoms with Gasteiger partial charge in [-0.3, -0.25) is 4.90 Å². The fourth-order valence-corrected chi connectivity index (χ4v) is 3.30. The third-order valence-corrected chi connectivity index (χ3v) is 4.49. The molecule has 74 valence electrons. The summed E-state index contributed by atoms with van der Waals surface area (Å²) in [5.74, 6) is 0. The van der Waals surface area contributed by atoms with Gasteiger partial charge in [-0.1, -0.05) is 12.8 Å². The molecule has 0 radical (unpaired) electrons. The van der Waals surface area contributed by atoms with E-state index in [1.165, 1.54) is 51.9 Å². The zero-order chi connectivity index (χ0) is 8.94. The first-order valence-electron chi connectivity index (χ1n) is 5.68. The minimum absolute atomic E-state index is 0.522. The zero-order valence-corrected chi connectivity index (χ0v) is 8.60. The maximum absolute atomic E-state index is 3.39. The minimum atomic E-state index is 0.522. The maximum atomic E-state index is 3.39. The van der Waals surface area contributed by atoms with Crippen molar-refractivity contribution in [1.29, 1.82) is 0 Å². The number of nitrogens with one attached hydrogen (secondary N) is 1. The molecule has 2 aliphatic heterocycles. The Hall–Kier alpha value is -0.0800. The Kier molecular flexibility index (Phi) is 1.58. The Balaban J connectivity index is 1.61. The summed E-state index contributed by atoms with van der Waals surface area (Å²) in [6, 6.07) is 0. The third kappa shape index (κ3) is 1.08. The number of hydrogen-bond donors (Lipinski definition) is 1. The molecule has 2 heterocycles. The lowest BCUT2D eigenvalue weighted by Crippen LogP contribution is -2.74. The van der Waals surface area contributed by atoms with E-state index in [-0.39, 0.29) is 0 Å². The lowest BCUT2D eigenvalue weighted by molar-refractivity contribution is -0.0883. The van der Waals surface area contributed by atoms with Gasteiger partial charge < -0.3 is 5.32 Å². The summed E-state index contributed by atoms with van der Waals surface area (Å²) >= 11 is 0. The second-order valence-corrected chi connectivity index (χ2v) is 5.66. The molecule has 1 saturated carbocycles. The second kappa shape index (κ2) is 2.48. The average molecular weight is 180 g/mol.